The molecule has 1 aliphatic heterocycles. The minimum atomic E-state index is -4.49. The van der Waals surface area contributed by atoms with Crippen LogP contribution >= 0.6 is 0 Å². The first kappa shape index (κ1) is 11.4. The SMILES string of the molecule is FC(F)(F)c1nc(CC2CCCCN2)co1. The molecule has 3 nitrogen and oxygen atoms in total. The van der Waals surface area contributed by atoms with Crippen molar-refractivity contribution < 1.29 is 17.6 Å². The number of hydrogen-bond donors (Lipinski definition) is 1. The summed E-state index contributed by atoms with van der Waals surface area (Å²) in [6.07, 6.45) is 0.329. The van der Waals surface area contributed by atoms with Crippen molar-refractivity contribution in [1.29, 1.82) is 0 Å². The van der Waals surface area contributed by atoms with E-state index in [1.165, 1.54) is 0 Å². The van der Waals surface area contributed by atoms with Crippen molar-refractivity contribution in [3.63, 3.8) is 0 Å². The highest BCUT2D eigenvalue weighted by molar-refractivity contribution is 5.01. The molecule has 0 spiro atoms. The molecule has 1 fully saturated rings. The van der Waals surface area contributed by atoms with E-state index in [0.717, 1.165) is 32.1 Å². The summed E-state index contributed by atoms with van der Waals surface area (Å²) in [5, 5.41) is 3.25. The Labute approximate surface area is 91.0 Å². The van der Waals surface area contributed by atoms with Crippen molar-refractivity contribution in [2.45, 2.75) is 37.9 Å². The third-order valence-corrected chi connectivity index (χ3v) is 2.66. The summed E-state index contributed by atoms with van der Waals surface area (Å²) in [7, 11) is 0. The molecule has 1 saturated heterocycles. The summed E-state index contributed by atoms with van der Waals surface area (Å²) in [5.74, 6) is -1.15. The zero-order chi connectivity index (χ0) is 11.6. The first-order valence-electron chi connectivity index (χ1n) is 5.30. The highest BCUT2D eigenvalue weighted by atomic mass is 19.4. The summed E-state index contributed by atoms with van der Waals surface area (Å²) in [6, 6.07) is 0.222. The molecule has 1 atom stereocenters. The van der Waals surface area contributed by atoms with Crippen molar-refractivity contribution in [1.82, 2.24) is 10.3 Å². The van der Waals surface area contributed by atoms with Gasteiger partial charge in [0.2, 0.25) is 0 Å². The Kier molecular flexibility index (Phi) is 3.18. The minimum absolute atomic E-state index is 0.222. The second kappa shape index (κ2) is 4.45. The Hall–Kier alpha value is -1.04. The van der Waals surface area contributed by atoms with E-state index in [0.29, 0.717) is 12.1 Å². The molecule has 1 aliphatic rings. The molecule has 1 aromatic heterocycles. The molecule has 90 valence electrons. The summed E-state index contributed by atoms with van der Waals surface area (Å²) in [4.78, 5) is 3.44. The lowest BCUT2D eigenvalue weighted by atomic mass is 10.0. The Morgan fingerprint density at radius 2 is 2.25 bits per heavy atom. The Morgan fingerprint density at radius 1 is 1.44 bits per heavy atom. The lowest BCUT2D eigenvalue weighted by Crippen LogP contribution is -2.35. The van der Waals surface area contributed by atoms with E-state index < -0.39 is 12.1 Å². The summed E-state index contributed by atoms with van der Waals surface area (Å²) >= 11 is 0. The quantitative estimate of drug-likeness (QED) is 0.853. The summed E-state index contributed by atoms with van der Waals surface area (Å²) in [5.41, 5.74) is 0.367. The topological polar surface area (TPSA) is 38.1 Å². The second-order valence-corrected chi connectivity index (χ2v) is 3.99. The smallest absolute Gasteiger partial charge is 0.441 e. The van der Waals surface area contributed by atoms with Gasteiger partial charge in [-0.3, -0.25) is 0 Å². The van der Waals surface area contributed by atoms with Crippen molar-refractivity contribution in [2.24, 2.45) is 0 Å². The predicted octanol–water partition coefficient (Wildman–Crippen LogP) is 2.38. The number of nitrogens with zero attached hydrogens (tertiary/aromatic N) is 1. The summed E-state index contributed by atoms with van der Waals surface area (Å²) in [6.45, 7) is 0.925. The van der Waals surface area contributed by atoms with Gasteiger partial charge in [-0.25, -0.2) is 4.98 Å². The number of rotatable bonds is 2. The number of aromatic nitrogens is 1. The third kappa shape index (κ3) is 2.75. The lowest BCUT2D eigenvalue weighted by molar-refractivity contribution is -0.157. The molecule has 0 aliphatic carbocycles. The molecule has 6 heteroatoms. The highest BCUT2D eigenvalue weighted by Gasteiger charge is 2.37. The van der Waals surface area contributed by atoms with Gasteiger partial charge in [0, 0.05) is 12.5 Å². The highest BCUT2D eigenvalue weighted by Crippen LogP contribution is 2.28. The second-order valence-electron chi connectivity index (χ2n) is 3.99. The van der Waals surface area contributed by atoms with Crippen LogP contribution < -0.4 is 5.32 Å². The maximum absolute atomic E-state index is 12.2. The average Bonchev–Trinajstić information content (AvgIpc) is 2.67. The van der Waals surface area contributed by atoms with Crippen molar-refractivity contribution in [3.8, 4) is 0 Å². The molecular formula is C10H13F3N2O. The van der Waals surface area contributed by atoms with E-state index >= 15 is 0 Å². The van der Waals surface area contributed by atoms with Crippen LogP contribution in [0.15, 0.2) is 10.7 Å². The zero-order valence-electron chi connectivity index (χ0n) is 8.68. The third-order valence-electron chi connectivity index (χ3n) is 2.66. The van der Waals surface area contributed by atoms with Crippen LogP contribution in [0.2, 0.25) is 0 Å². The van der Waals surface area contributed by atoms with Gasteiger partial charge in [-0.05, 0) is 19.4 Å². The van der Waals surface area contributed by atoms with E-state index in [2.05, 4.69) is 14.7 Å². The predicted molar refractivity (Wildman–Crippen MR) is 50.9 cm³/mol. The van der Waals surface area contributed by atoms with E-state index in [1.54, 1.807) is 0 Å². The van der Waals surface area contributed by atoms with E-state index in [4.69, 9.17) is 0 Å². The molecule has 0 aromatic carbocycles. The fourth-order valence-corrected chi connectivity index (χ4v) is 1.88. The lowest BCUT2D eigenvalue weighted by Gasteiger charge is -2.22. The number of nitrogens with one attached hydrogen (secondary N) is 1. The van der Waals surface area contributed by atoms with Crippen molar-refractivity contribution in [3.05, 3.63) is 17.8 Å². The number of alkyl halides is 3. The number of oxazole rings is 1. The maximum Gasteiger partial charge on any atom is 0.468 e. The Morgan fingerprint density at radius 3 is 2.81 bits per heavy atom. The van der Waals surface area contributed by atoms with Gasteiger partial charge in [0.05, 0.1) is 5.69 Å². The molecule has 0 saturated carbocycles. The number of hydrogen-bond acceptors (Lipinski definition) is 3. The molecule has 0 amide bonds. The number of piperidine rings is 1. The largest absolute Gasteiger partial charge is 0.468 e. The molecule has 16 heavy (non-hydrogen) atoms. The maximum atomic E-state index is 12.2. The van der Waals surface area contributed by atoms with E-state index in [-0.39, 0.29) is 6.04 Å². The van der Waals surface area contributed by atoms with Crippen LogP contribution in [0.5, 0.6) is 0 Å². The van der Waals surface area contributed by atoms with Gasteiger partial charge in [-0.1, -0.05) is 6.42 Å². The van der Waals surface area contributed by atoms with Crippen LogP contribution in [0.3, 0.4) is 0 Å². The van der Waals surface area contributed by atoms with Gasteiger partial charge in [0.15, 0.2) is 0 Å². The van der Waals surface area contributed by atoms with Gasteiger partial charge in [0.25, 0.3) is 0 Å². The van der Waals surface area contributed by atoms with Crippen LogP contribution in [0.1, 0.15) is 30.8 Å². The number of halogens is 3. The molecule has 1 N–H and O–H groups in total. The molecule has 0 bridgehead atoms. The first-order chi connectivity index (χ1) is 7.55. The van der Waals surface area contributed by atoms with Gasteiger partial charge >= 0.3 is 12.1 Å². The van der Waals surface area contributed by atoms with Crippen LogP contribution in [0.25, 0.3) is 0 Å². The van der Waals surface area contributed by atoms with Crippen molar-refractivity contribution in [2.75, 3.05) is 6.54 Å². The summed E-state index contributed by atoms with van der Waals surface area (Å²) < 4.78 is 41.0. The first-order valence-corrected chi connectivity index (χ1v) is 5.30. The van der Waals surface area contributed by atoms with Crippen LogP contribution in [0, 0.1) is 0 Å². The van der Waals surface area contributed by atoms with Crippen LogP contribution in [0.4, 0.5) is 13.2 Å². The van der Waals surface area contributed by atoms with Crippen molar-refractivity contribution >= 4 is 0 Å². The standard InChI is InChI=1S/C10H13F3N2O/c11-10(12,13)9-15-8(6-16-9)5-7-3-1-2-4-14-7/h6-7,14H,1-5H2. The molecule has 0 radical (unpaired) electrons. The fraction of sp³-hybridized carbons (Fsp3) is 0.700. The molecule has 1 aromatic rings. The van der Waals surface area contributed by atoms with Gasteiger partial charge in [-0.2, -0.15) is 13.2 Å². The normalized spacial score (nSPS) is 22.3. The van der Waals surface area contributed by atoms with Crippen LogP contribution in [-0.4, -0.2) is 17.6 Å². The zero-order valence-corrected chi connectivity index (χ0v) is 8.68. The van der Waals surface area contributed by atoms with Gasteiger partial charge < -0.3 is 9.73 Å². The minimum Gasteiger partial charge on any atom is -0.441 e. The molecule has 1 unspecified atom stereocenters. The molecule has 2 rings (SSSR count). The van der Waals surface area contributed by atoms with E-state index in [1.807, 2.05) is 0 Å². The van der Waals surface area contributed by atoms with Gasteiger partial charge in [-0.15, -0.1) is 0 Å². The van der Waals surface area contributed by atoms with E-state index in [9.17, 15) is 13.2 Å². The Balaban J connectivity index is 1.97. The fourth-order valence-electron chi connectivity index (χ4n) is 1.88. The monoisotopic (exact) mass is 234 g/mol. The Bertz CT molecular complexity index is 342. The molecular weight excluding hydrogens is 221 g/mol. The van der Waals surface area contributed by atoms with Gasteiger partial charge in [0.1, 0.15) is 6.26 Å². The average molecular weight is 234 g/mol. The molecule has 2 heterocycles. The van der Waals surface area contributed by atoms with Crippen LogP contribution in [-0.2, 0) is 12.6 Å².